The molecule has 0 saturated carbocycles. The molecule has 2 heterocycles. The summed E-state index contributed by atoms with van der Waals surface area (Å²) in [7, 11) is 1.57. The smallest absolute Gasteiger partial charge is 0.299 e. The van der Waals surface area contributed by atoms with Gasteiger partial charge in [0.1, 0.15) is 0 Å². The molecule has 0 unspecified atom stereocenters. The Hall–Kier alpha value is -3.19. The zero-order valence-corrected chi connectivity index (χ0v) is 14.7. The summed E-state index contributed by atoms with van der Waals surface area (Å²) >= 11 is 0. The number of hydrogen-bond donors (Lipinski definition) is 2. The molecule has 7 heteroatoms. The number of carbonyl (C=O) groups is 1. The number of carbonyl (C=O) groups excluding carboxylic acids is 1. The minimum Gasteiger partial charge on any atom is -0.423 e. The normalized spacial score (nSPS) is 10.5. The number of benzene rings is 1. The van der Waals surface area contributed by atoms with Crippen molar-refractivity contribution in [2.75, 3.05) is 24.4 Å². The van der Waals surface area contributed by atoms with Crippen LogP contribution >= 0.6 is 0 Å². The monoisotopic (exact) mass is 352 g/mol. The number of pyridine rings is 1. The number of ether oxygens (including phenoxy) is 1. The second kappa shape index (κ2) is 8.26. The van der Waals surface area contributed by atoms with Crippen molar-refractivity contribution in [3.05, 3.63) is 54.5 Å². The summed E-state index contributed by atoms with van der Waals surface area (Å²) in [6.45, 7) is 2.35. The van der Waals surface area contributed by atoms with Crippen molar-refractivity contribution in [2.24, 2.45) is 0 Å². The van der Waals surface area contributed by atoms with Crippen molar-refractivity contribution in [3.63, 3.8) is 0 Å². The molecule has 0 bridgehead atoms. The van der Waals surface area contributed by atoms with Crippen LogP contribution in [0.2, 0.25) is 0 Å². The molecule has 0 aliphatic heterocycles. The lowest BCUT2D eigenvalue weighted by molar-refractivity contribution is -0.117. The Morgan fingerprint density at radius 3 is 2.92 bits per heavy atom. The fourth-order valence-electron chi connectivity index (χ4n) is 2.34. The predicted molar refractivity (Wildman–Crippen MR) is 99.3 cm³/mol. The molecule has 3 rings (SSSR count). The summed E-state index contributed by atoms with van der Waals surface area (Å²) < 4.78 is 10.6. The van der Waals surface area contributed by atoms with Crippen molar-refractivity contribution < 1.29 is 13.9 Å². The van der Waals surface area contributed by atoms with E-state index in [1.54, 1.807) is 25.7 Å². The number of anilines is 3. The Bertz CT molecular complexity index is 878. The Morgan fingerprint density at radius 1 is 1.27 bits per heavy atom. The molecular formula is C19H20N4O3. The largest absolute Gasteiger partial charge is 0.423 e. The van der Waals surface area contributed by atoms with E-state index in [2.05, 4.69) is 20.6 Å². The van der Waals surface area contributed by atoms with E-state index in [0.717, 1.165) is 16.8 Å². The van der Waals surface area contributed by atoms with Crippen molar-refractivity contribution in [1.82, 2.24) is 9.97 Å². The van der Waals surface area contributed by atoms with Crippen LogP contribution in [0, 0.1) is 6.92 Å². The van der Waals surface area contributed by atoms with Crippen LogP contribution in [0.3, 0.4) is 0 Å². The van der Waals surface area contributed by atoms with Crippen molar-refractivity contribution >= 4 is 23.3 Å². The first kappa shape index (κ1) is 17.6. The molecule has 0 radical (unpaired) electrons. The van der Waals surface area contributed by atoms with Crippen LogP contribution in [0.1, 0.15) is 12.0 Å². The van der Waals surface area contributed by atoms with Crippen LogP contribution in [0.5, 0.6) is 0 Å². The van der Waals surface area contributed by atoms with Crippen LogP contribution in [0.25, 0.3) is 11.3 Å². The Balaban J connectivity index is 1.72. The first-order valence-corrected chi connectivity index (χ1v) is 8.18. The van der Waals surface area contributed by atoms with Crippen LogP contribution in [0.15, 0.2) is 53.3 Å². The van der Waals surface area contributed by atoms with Crippen LogP contribution in [-0.4, -0.2) is 29.6 Å². The lowest BCUT2D eigenvalue weighted by atomic mass is 10.2. The molecule has 134 valence electrons. The second-order valence-corrected chi connectivity index (χ2v) is 5.72. The highest BCUT2D eigenvalue weighted by atomic mass is 16.5. The zero-order valence-electron chi connectivity index (χ0n) is 14.7. The third kappa shape index (κ3) is 4.46. The van der Waals surface area contributed by atoms with E-state index < -0.39 is 0 Å². The minimum atomic E-state index is -0.100. The van der Waals surface area contributed by atoms with Gasteiger partial charge in [-0.1, -0.05) is 6.07 Å². The van der Waals surface area contributed by atoms with Gasteiger partial charge >= 0.3 is 0 Å². The van der Waals surface area contributed by atoms with Crippen molar-refractivity contribution in [3.8, 4) is 11.3 Å². The van der Waals surface area contributed by atoms with Gasteiger partial charge in [-0.05, 0) is 36.8 Å². The SMILES string of the molecule is COCCC(=O)Nc1ccc(C)c(Nc2ncc(-c3cccnc3)o2)c1. The van der Waals surface area contributed by atoms with E-state index >= 15 is 0 Å². The summed E-state index contributed by atoms with van der Waals surface area (Å²) in [5.74, 6) is 0.527. The van der Waals surface area contributed by atoms with Gasteiger partial charge in [0.05, 0.1) is 19.2 Å². The summed E-state index contributed by atoms with van der Waals surface area (Å²) in [6.07, 6.45) is 5.37. The molecule has 1 aromatic carbocycles. The third-order valence-electron chi connectivity index (χ3n) is 3.75. The number of amides is 1. The number of nitrogens with one attached hydrogen (secondary N) is 2. The summed E-state index contributed by atoms with van der Waals surface area (Å²) in [4.78, 5) is 20.2. The Kier molecular flexibility index (Phi) is 5.60. The van der Waals surface area contributed by atoms with E-state index in [-0.39, 0.29) is 5.91 Å². The molecule has 0 aliphatic carbocycles. The maximum Gasteiger partial charge on any atom is 0.299 e. The average molecular weight is 352 g/mol. The quantitative estimate of drug-likeness (QED) is 0.673. The van der Waals surface area contributed by atoms with Gasteiger partial charge in [0.25, 0.3) is 6.01 Å². The highest BCUT2D eigenvalue weighted by Gasteiger charge is 2.09. The Labute approximate surface area is 151 Å². The first-order chi connectivity index (χ1) is 12.7. The standard InChI is InChI=1S/C19H20N4O3/c1-13-5-6-15(22-18(24)7-9-25-2)10-16(13)23-19-21-12-17(26-19)14-4-3-8-20-11-14/h3-6,8,10-12H,7,9H2,1-2H3,(H,21,23)(H,22,24). The Morgan fingerprint density at radius 2 is 2.15 bits per heavy atom. The van der Waals surface area contributed by atoms with E-state index in [1.165, 1.54) is 0 Å². The fraction of sp³-hybridized carbons (Fsp3) is 0.211. The van der Waals surface area contributed by atoms with Gasteiger partial charge in [0.15, 0.2) is 5.76 Å². The van der Waals surface area contributed by atoms with Crippen LogP contribution in [-0.2, 0) is 9.53 Å². The minimum absolute atomic E-state index is 0.100. The average Bonchev–Trinajstić information content (AvgIpc) is 3.12. The molecule has 0 saturated heterocycles. The number of hydrogen-bond acceptors (Lipinski definition) is 6. The highest BCUT2D eigenvalue weighted by Crippen LogP contribution is 2.27. The predicted octanol–water partition coefficient (Wildman–Crippen LogP) is 3.76. The van der Waals surface area contributed by atoms with Gasteiger partial charge in [0, 0.05) is 36.4 Å². The van der Waals surface area contributed by atoms with Crippen molar-refractivity contribution in [1.29, 1.82) is 0 Å². The third-order valence-corrected chi connectivity index (χ3v) is 3.75. The zero-order chi connectivity index (χ0) is 18.4. The van der Waals surface area contributed by atoms with Gasteiger partial charge in [-0.2, -0.15) is 0 Å². The molecular weight excluding hydrogens is 332 g/mol. The van der Waals surface area contributed by atoms with Gasteiger partial charge in [0.2, 0.25) is 5.91 Å². The second-order valence-electron chi connectivity index (χ2n) is 5.72. The molecule has 2 aromatic heterocycles. The molecule has 0 aliphatic rings. The van der Waals surface area contributed by atoms with E-state index in [4.69, 9.17) is 9.15 Å². The number of aromatic nitrogens is 2. The lowest BCUT2D eigenvalue weighted by Crippen LogP contribution is -2.13. The van der Waals surface area contributed by atoms with Crippen molar-refractivity contribution in [2.45, 2.75) is 13.3 Å². The van der Waals surface area contributed by atoms with E-state index in [1.807, 2.05) is 37.3 Å². The molecule has 0 atom stereocenters. The summed E-state index contributed by atoms with van der Waals surface area (Å²) in [6, 6.07) is 9.72. The van der Waals surface area contributed by atoms with E-state index in [0.29, 0.717) is 30.5 Å². The molecule has 0 spiro atoms. The van der Waals surface area contributed by atoms with Gasteiger partial charge < -0.3 is 19.8 Å². The van der Waals surface area contributed by atoms with Gasteiger partial charge in [-0.15, -0.1) is 0 Å². The van der Waals surface area contributed by atoms with Crippen LogP contribution in [0.4, 0.5) is 17.4 Å². The summed E-state index contributed by atoms with van der Waals surface area (Å²) in [5, 5.41) is 5.99. The number of aryl methyl sites for hydroxylation is 1. The van der Waals surface area contributed by atoms with E-state index in [9.17, 15) is 4.79 Å². The van der Waals surface area contributed by atoms with Gasteiger partial charge in [-0.3, -0.25) is 9.78 Å². The number of rotatable bonds is 7. The maximum absolute atomic E-state index is 11.8. The van der Waals surface area contributed by atoms with Gasteiger partial charge in [-0.25, -0.2) is 4.98 Å². The first-order valence-electron chi connectivity index (χ1n) is 8.18. The molecule has 2 N–H and O–H groups in total. The topological polar surface area (TPSA) is 89.3 Å². The molecule has 26 heavy (non-hydrogen) atoms. The summed E-state index contributed by atoms with van der Waals surface area (Å²) in [5.41, 5.74) is 3.34. The molecule has 1 amide bonds. The molecule has 7 nitrogen and oxygen atoms in total. The fourth-order valence-corrected chi connectivity index (χ4v) is 2.34. The maximum atomic E-state index is 11.8. The highest BCUT2D eigenvalue weighted by molar-refractivity contribution is 5.91. The lowest BCUT2D eigenvalue weighted by Gasteiger charge is -2.10. The van der Waals surface area contributed by atoms with Crippen LogP contribution < -0.4 is 10.6 Å². The number of nitrogens with zero attached hydrogens (tertiary/aromatic N) is 2. The molecule has 0 fully saturated rings. The number of methoxy groups -OCH3 is 1. The number of oxazole rings is 1. The molecule has 3 aromatic rings.